The monoisotopic (exact) mass is 373 g/mol. The van der Waals surface area contributed by atoms with Gasteiger partial charge in [-0.3, -0.25) is 14.4 Å². The molecule has 0 aromatic carbocycles. The third kappa shape index (κ3) is 3.33. The second-order valence-electron chi connectivity index (χ2n) is 7.64. The highest BCUT2D eigenvalue weighted by atomic mass is 16.2. The van der Waals surface area contributed by atoms with Gasteiger partial charge < -0.3 is 19.3 Å². The molecule has 0 bridgehead atoms. The molecule has 0 aliphatic carbocycles. The van der Waals surface area contributed by atoms with E-state index in [1.54, 1.807) is 16.7 Å². The first-order valence-corrected chi connectivity index (χ1v) is 9.99. The molecule has 1 aromatic rings. The third-order valence-corrected chi connectivity index (χ3v) is 5.92. The van der Waals surface area contributed by atoms with Crippen LogP contribution in [0.15, 0.2) is 0 Å². The number of imidazole rings is 1. The standard InChI is InChI=1S/C19H27N5O3/c1-14(25)21-10-12-23(13-11-21)18(26)16-15-6-2-3-9-24(15)17(20-16)19(27)22-7-4-5-8-22/h2-13H2,1H3. The summed E-state index contributed by atoms with van der Waals surface area (Å²) in [5, 5.41) is 0. The molecule has 8 heteroatoms. The summed E-state index contributed by atoms with van der Waals surface area (Å²) in [6.07, 6.45) is 4.88. The average molecular weight is 373 g/mol. The largest absolute Gasteiger partial charge is 0.339 e. The summed E-state index contributed by atoms with van der Waals surface area (Å²) in [6, 6.07) is 0. The lowest BCUT2D eigenvalue weighted by Gasteiger charge is -2.34. The predicted octanol–water partition coefficient (Wildman–Crippen LogP) is 0.760. The maximum Gasteiger partial charge on any atom is 0.289 e. The Hall–Kier alpha value is -2.38. The fourth-order valence-corrected chi connectivity index (χ4v) is 4.31. The molecule has 0 unspecified atom stereocenters. The second kappa shape index (κ2) is 7.32. The van der Waals surface area contributed by atoms with Gasteiger partial charge in [-0.2, -0.15) is 0 Å². The Morgan fingerprint density at radius 3 is 2.00 bits per heavy atom. The van der Waals surface area contributed by atoms with Gasteiger partial charge in [0.2, 0.25) is 5.91 Å². The highest BCUT2D eigenvalue weighted by molar-refractivity contribution is 5.97. The molecule has 4 rings (SSSR count). The molecule has 0 radical (unpaired) electrons. The topological polar surface area (TPSA) is 78.8 Å². The zero-order valence-electron chi connectivity index (χ0n) is 15.9. The van der Waals surface area contributed by atoms with Gasteiger partial charge in [0.05, 0.1) is 5.69 Å². The van der Waals surface area contributed by atoms with Crippen molar-refractivity contribution in [1.82, 2.24) is 24.3 Å². The SMILES string of the molecule is CC(=O)N1CCN(C(=O)c2nc(C(=O)N3CCCC3)n3c2CCCC3)CC1. The number of aromatic nitrogens is 2. The zero-order chi connectivity index (χ0) is 19.0. The lowest BCUT2D eigenvalue weighted by Crippen LogP contribution is -2.50. The number of carbonyl (C=O) groups is 3. The minimum absolute atomic E-state index is 0.0416. The van der Waals surface area contributed by atoms with Crippen LogP contribution in [0.25, 0.3) is 0 Å². The van der Waals surface area contributed by atoms with E-state index in [0.29, 0.717) is 37.7 Å². The van der Waals surface area contributed by atoms with Crippen molar-refractivity contribution in [3.05, 3.63) is 17.2 Å². The molecule has 4 heterocycles. The first kappa shape index (κ1) is 18.0. The first-order chi connectivity index (χ1) is 13.1. The highest BCUT2D eigenvalue weighted by Gasteiger charge is 2.33. The van der Waals surface area contributed by atoms with Gasteiger partial charge in [-0.05, 0) is 32.1 Å². The van der Waals surface area contributed by atoms with Gasteiger partial charge >= 0.3 is 0 Å². The summed E-state index contributed by atoms with van der Waals surface area (Å²) in [7, 11) is 0. The van der Waals surface area contributed by atoms with Crippen molar-refractivity contribution in [3.8, 4) is 0 Å². The molecule has 146 valence electrons. The van der Waals surface area contributed by atoms with E-state index in [4.69, 9.17) is 0 Å². The van der Waals surface area contributed by atoms with Gasteiger partial charge in [-0.15, -0.1) is 0 Å². The third-order valence-electron chi connectivity index (χ3n) is 5.92. The summed E-state index contributed by atoms with van der Waals surface area (Å²) in [5.41, 5.74) is 1.34. The molecule has 1 aromatic heterocycles. The zero-order valence-corrected chi connectivity index (χ0v) is 15.9. The smallest absolute Gasteiger partial charge is 0.289 e. The average Bonchev–Trinajstić information content (AvgIpc) is 3.35. The molecule has 0 atom stereocenters. The van der Waals surface area contributed by atoms with E-state index in [1.165, 1.54) is 0 Å². The van der Waals surface area contributed by atoms with Crippen LogP contribution in [0.5, 0.6) is 0 Å². The minimum atomic E-state index is -0.107. The molecule has 0 spiro atoms. The van der Waals surface area contributed by atoms with Crippen molar-refractivity contribution in [3.63, 3.8) is 0 Å². The van der Waals surface area contributed by atoms with Crippen LogP contribution < -0.4 is 0 Å². The van der Waals surface area contributed by atoms with E-state index < -0.39 is 0 Å². The Bertz CT molecular complexity index is 758. The Labute approximate surface area is 159 Å². The van der Waals surface area contributed by atoms with Gasteiger partial charge in [-0.1, -0.05) is 0 Å². The minimum Gasteiger partial charge on any atom is -0.339 e. The van der Waals surface area contributed by atoms with Gasteiger partial charge in [0, 0.05) is 52.7 Å². The Morgan fingerprint density at radius 1 is 0.741 bits per heavy atom. The van der Waals surface area contributed by atoms with Crippen LogP contribution >= 0.6 is 0 Å². The molecule has 3 amide bonds. The highest BCUT2D eigenvalue weighted by Crippen LogP contribution is 2.24. The lowest BCUT2D eigenvalue weighted by molar-refractivity contribution is -0.130. The molecule has 27 heavy (non-hydrogen) atoms. The van der Waals surface area contributed by atoms with Crippen LogP contribution in [0.1, 0.15) is 59.4 Å². The number of amides is 3. The molecule has 3 aliphatic heterocycles. The Kier molecular flexibility index (Phi) is 4.88. The molecule has 3 aliphatic rings. The fourth-order valence-electron chi connectivity index (χ4n) is 4.31. The van der Waals surface area contributed by atoms with Crippen molar-refractivity contribution >= 4 is 17.7 Å². The number of fused-ring (bicyclic) bond motifs is 1. The molecule has 0 saturated carbocycles. The maximum absolute atomic E-state index is 13.1. The van der Waals surface area contributed by atoms with Crippen molar-refractivity contribution < 1.29 is 14.4 Å². The number of likely N-dealkylation sites (tertiary alicyclic amines) is 1. The van der Waals surface area contributed by atoms with E-state index in [1.807, 2.05) is 9.47 Å². The molecule has 2 fully saturated rings. The number of hydrogen-bond acceptors (Lipinski definition) is 4. The van der Waals surface area contributed by atoms with E-state index in [0.717, 1.165) is 57.4 Å². The summed E-state index contributed by atoms with van der Waals surface area (Å²) in [4.78, 5) is 47.5. The van der Waals surface area contributed by atoms with Crippen molar-refractivity contribution in [2.45, 2.75) is 45.6 Å². The van der Waals surface area contributed by atoms with E-state index in [-0.39, 0.29) is 17.7 Å². The normalized spacial score (nSPS) is 20.0. The molecular formula is C19H27N5O3. The summed E-state index contributed by atoms with van der Waals surface area (Å²) in [6.45, 7) is 5.99. The molecular weight excluding hydrogens is 346 g/mol. The molecule has 0 N–H and O–H groups in total. The number of carbonyl (C=O) groups excluding carboxylic acids is 3. The summed E-state index contributed by atoms with van der Waals surface area (Å²) >= 11 is 0. The maximum atomic E-state index is 13.1. The van der Waals surface area contributed by atoms with Crippen molar-refractivity contribution in [1.29, 1.82) is 0 Å². The quantitative estimate of drug-likeness (QED) is 0.767. The van der Waals surface area contributed by atoms with E-state index in [2.05, 4.69) is 4.98 Å². The van der Waals surface area contributed by atoms with Crippen LogP contribution in [-0.2, 0) is 17.8 Å². The van der Waals surface area contributed by atoms with Crippen molar-refractivity contribution in [2.24, 2.45) is 0 Å². The molecule has 2 saturated heterocycles. The van der Waals surface area contributed by atoms with Gasteiger partial charge in [-0.25, -0.2) is 4.98 Å². The van der Waals surface area contributed by atoms with Crippen LogP contribution in [0.2, 0.25) is 0 Å². The molecule has 8 nitrogen and oxygen atoms in total. The number of piperazine rings is 1. The summed E-state index contributed by atoms with van der Waals surface area (Å²) < 4.78 is 1.98. The van der Waals surface area contributed by atoms with Crippen molar-refractivity contribution in [2.75, 3.05) is 39.3 Å². The van der Waals surface area contributed by atoms with Gasteiger partial charge in [0.1, 0.15) is 5.69 Å². The van der Waals surface area contributed by atoms with Crippen LogP contribution in [0.4, 0.5) is 0 Å². The van der Waals surface area contributed by atoms with Crippen LogP contribution in [0.3, 0.4) is 0 Å². The number of nitrogens with zero attached hydrogens (tertiary/aromatic N) is 5. The summed E-state index contributed by atoms with van der Waals surface area (Å²) in [5.74, 6) is 0.317. The number of hydrogen-bond donors (Lipinski definition) is 0. The first-order valence-electron chi connectivity index (χ1n) is 9.99. The fraction of sp³-hybridized carbons (Fsp3) is 0.684. The van der Waals surface area contributed by atoms with E-state index >= 15 is 0 Å². The second-order valence-corrected chi connectivity index (χ2v) is 7.64. The Morgan fingerprint density at radius 2 is 1.33 bits per heavy atom. The van der Waals surface area contributed by atoms with E-state index in [9.17, 15) is 14.4 Å². The van der Waals surface area contributed by atoms with Crippen LogP contribution in [-0.4, -0.2) is 81.2 Å². The van der Waals surface area contributed by atoms with Gasteiger partial charge in [0.25, 0.3) is 11.8 Å². The lowest BCUT2D eigenvalue weighted by atomic mass is 10.1. The van der Waals surface area contributed by atoms with Gasteiger partial charge in [0.15, 0.2) is 5.82 Å². The Balaban J connectivity index is 1.58. The number of rotatable bonds is 2. The predicted molar refractivity (Wildman–Crippen MR) is 98.5 cm³/mol. The van der Waals surface area contributed by atoms with Crippen LogP contribution in [0, 0.1) is 0 Å².